The zero-order chi connectivity index (χ0) is 17.1. The minimum absolute atomic E-state index is 0.310. The molecule has 136 valence electrons. The van der Waals surface area contributed by atoms with Gasteiger partial charge in [0, 0.05) is 0 Å². The summed E-state index contributed by atoms with van der Waals surface area (Å²) in [6.45, 7) is -8.34. The minimum Gasteiger partial charge on any atom is -0.312 e. The van der Waals surface area contributed by atoms with Crippen LogP contribution in [-0.2, 0) is 18.2 Å². The van der Waals surface area contributed by atoms with Crippen molar-refractivity contribution >= 4 is 59.1 Å². The fraction of sp³-hybridized carbons (Fsp3) is 1.00. The number of alkyl halides is 2. The molecule has 2 saturated carbocycles. The van der Waals surface area contributed by atoms with Crippen molar-refractivity contribution in [3.05, 3.63) is 0 Å². The van der Waals surface area contributed by atoms with E-state index in [1.165, 1.54) is 0 Å². The monoisotopic (exact) mass is 444 g/mol. The largest absolute Gasteiger partial charge is 0.336 e. The third-order valence-corrected chi connectivity index (χ3v) is 14.7. The molecule has 0 N–H and O–H groups in total. The summed E-state index contributed by atoms with van der Waals surface area (Å²) >= 11 is 24.2. The van der Waals surface area contributed by atoms with Gasteiger partial charge in [0.2, 0.25) is 0 Å². The molecular formula is C13H22Cl4O4P2. The predicted molar refractivity (Wildman–Crippen MR) is 97.3 cm³/mol. The van der Waals surface area contributed by atoms with E-state index in [4.69, 9.17) is 54.7 Å². The van der Waals surface area contributed by atoms with Crippen LogP contribution in [0.3, 0.4) is 0 Å². The molecule has 0 heterocycles. The summed E-state index contributed by atoms with van der Waals surface area (Å²) in [6, 6.07) is 0. The van der Waals surface area contributed by atoms with Crippen LogP contribution in [0.2, 0.25) is 0 Å². The Bertz CT molecular complexity index is 448. The van der Waals surface area contributed by atoms with E-state index in [0.29, 0.717) is 0 Å². The Kier molecular flexibility index (Phi) is 7.69. The molecule has 2 rings (SSSR count). The van der Waals surface area contributed by atoms with Gasteiger partial charge in [-0.05, 0) is 48.2 Å². The van der Waals surface area contributed by atoms with Gasteiger partial charge in [-0.3, -0.25) is 9.13 Å². The quantitative estimate of drug-likeness (QED) is 0.311. The molecule has 0 aromatic heterocycles. The van der Waals surface area contributed by atoms with Crippen molar-refractivity contribution < 1.29 is 18.2 Å². The molecule has 0 spiro atoms. The fourth-order valence-electron chi connectivity index (χ4n) is 2.99. The SMILES string of the molecule is O=P(Cl)(OC1CCCCC1)C(Cl)(Cl)P(=O)(Cl)OC1CCCCC1. The minimum atomic E-state index is -4.17. The molecule has 0 saturated heterocycles. The Labute approximate surface area is 157 Å². The second-order valence-electron chi connectivity index (χ2n) is 6.20. The molecule has 2 unspecified atom stereocenters. The molecule has 0 aromatic carbocycles. The maximum absolute atomic E-state index is 12.7. The molecule has 23 heavy (non-hydrogen) atoms. The number of hydrogen-bond donors (Lipinski definition) is 0. The third-order valence-electron chi connectivity index (χ3n) is 4.32. The summed E-state index contributed by atoms with van der Waals surface area (Å²) in [7, 11) is 0. The summed E-state index contributed by atoms with van der Waals surface area (Å²) in [5, 5.41) is 0. The van der Waals surface area contributed by atoms with E-state index in [9.17, 15) is 9.13 Å². The van der Waals surface area contributed by atoms with Crippen LogP contribution in [0.5, 0.6) is 0 Å². The van der Waals surface area contributed by atoms with Gasteiger partial charge in [-0.1, -0.05) is 61.7 Å². The van der Waals surface area contributed by atoms with Gasteiger partial charge < -0.3 is 9.05 Å². The molecule has 2 fully saturated rings. The van der Waals surface area contributed by atoms with Gasteiger partial charge in [-0.15, -0.1) is 0 Å². The van der Waals surface area contributed by atoms with Gasteiger partial charge in [0.15, 0.2) is 0 Å². The van der Waals surface area contributed by atoms with Crippen LogP contribution in [0.1, 0.15) is 64.2 Å². The van der Waals surface area contributed by atoms with Crippen LogP contribution in [0.15, 0.2) is 0 Å². The van der Waals surface area contributed by atoms with Crippen LogP contribution in [0, 0.1) is 0 Å². The molecule has 0 aromatic rings. The maximum atomic E-state index is 12.7. The molecule has 10 heteroatoms. The van der Waals surface area contributed by atoms with E-state index in [-0.39, 0.29) is 12.2 Å². The predicted octanol–water partition coefficient (Wildman–Crippen LogP) is 7.64. The highest BCUT2D eigenvalue weighted by atomic mass is 35.7. The third kappa shape index (κ3) is 5.27. The zero-order valence-electron chi connectivity index (χ0n) is 12.8. The van der Waals surface area contributed by atoms with Crippen molar-refractivity contribution in [2.75, 3.05) is 0 Å². The van der Waals surface area contributed by atoms with E-state index in [0.717, 1.165) is 64.2 Å². The molecular weight excluding hydrogens is 424 g/mol. The smallest absolute Gasteiger partial charge is 0.312 e. The van der Waals surface area contributed by atoms with Crippen LogP contribution in [0.25, 0.3) is 0 Å². The van der Waals surface area contributed by atoms with Gasteiger partial charge in [-0.2, -0.15) is 0 Å². The van der Waals surface area contributed by atoms with E-state index >= 15 is 0 Å². The second-order valence-corrected chi connectivity index (χ2v) is 15.3. The van der Waals surface area contributed by atoms with E-state index in [2.05, 4.69) is 0 Å². The average molecular weight is 446 g/mol. The summed E-state index contributed by atoms with van der Waals surface area (Å²) in [4.78, 5) is 0. The summed E-state index contributed by atoms with van der Waals surface area (Å²) in [5.41, 5.74) is 0. The first-order valence-electron chi connectivity index (χ1n) is 8.00. The number of halogens is 4. The first kappa shape index (κ1) is 20.8. The number of hydrogen-bond acceptors (Lipinski definition) is 4. The van der Waals surface area contributed by atoms with E-state index in [1.807, 2.05) is 0 Å². The fourth-order valence-corrected chi connectivity index (χ4v) is 9.15. The van der Waals surface area contributed by atoms with Crippen molar-refractivity contribution in [1.29, 1.82) is 0 Å². The standard InChI is InChI=1S/C13H22Cl4O4P2/c14-13(15,22(16,18)20-11-7-3-1-4-8-11)23(17,19)21-12-9-5-2-6-10-12/h11-12H,1-10H2. The molecule has 0 aliphatic heterocycles. The van der Waals surface area contributed by atoms with Gasteiger partial charge in [0.25, 0.3) is 3.82 Å². The highest BCUT2D eigenvalue weighted by Gasteiger charge is 2.61. The normalized spacial score (nSPS) is 27.3. The highest BCUT2D eigenvalue weighted by molar-refractivity contribution is 8.05. The first-order chi connectivity index (χ1) is 10.7. The Morgan fingerprint density at radius 1 is 0.696 bits per heavy atom. The topological polar surface area (TPSA) is 52.6 Å². The van der Waals surface area contributed by atoms with Crippen molar-refractivity contribution in [2.24, 2.45) is 0 Å². The van der Waals surface area contributed by atoms with Crippen LogP contribution < -0.4 is 0 Å². The summed E-state index contributed by atoms with van der Waals surface area (Å²) < 4.78 is 33.9. The van der Waals surface area contributed by atoms with Gasteiger partial charge in [0.05, 0.1) is 12.2 Å². The lowest BCUT2D eigenvalue weighted by Gasteiger charge is -2.34. The average Bonchev–Trinajstić information content (AvgIpc) is 2.48. The summed E-state index contributed by atoms with van der Waals surface area (Å²) in [6.07, 6.45) is 8.26. The van der Waals surface area contributed by atoms with E-state index in [1.54, 1.807) is 0 Å². The lowest BCUT2D eigenvalue weighted by atomic mass is 9.98. The van der Waals surface area contributed by atoms with Crippen molar-refractivity contribution in [1.82, 2.24) is 0 Å². The zero-order valence-corrected chi connectivity index (χ0v) is 17.6. The number of rotatable bonds is 6. The molecule has 2 aliphatic rings. The van der Waals surface area contributed by atoms with Crippen LogP contribution in [0.4, 0.5) is 0 Å². The summed E-state index contributed by atoms with van der Waals surface area (Å²) in [5.74, 6) is 0. The molecule has 0 radical (unpaired) electrons. The molecule has 0 amide bonds. The Morgan fingerprint density at radius 2 is 1.00 bits per heavy atom. The van der Waals surface area contributed by atoms with Crippen LogP contribution >= 0.6 is 59.1 Å². The Balaban J connectivity index is 2.06. The van der Waals surface area contributed by atoms with Crippen LogP contribution in [-0.4, -0.2) is 16.0 Å². The Hall–Kier alpha value is 1.54. The lowest BCUT2D eigenvalue weighted by Crippen LogP contribution is -2.23. The second kappa shape index (κ2) is 8.49. The maximum Gasteiger partial charge on any atom is 0.336 e. The van der Waals surface area contributed by atoms with Gasteiger partial charge in [0.1, 0.15) is 0 Å². The molecule has 2 aliphatic carbocycles. The van der Waals surface area contributed by atoms with E-state index < -0.39 is 17.3 Å². The lowest BCUT2D eigenvalue weighted by molar-refractivity contribution is 0.156. The highest BCUT2D eigenvalue weighted by Crippen LogP contribution is 2.85. The molecule has 0 bridgehead atoms. The Morgan fingerprint density at radius 3 is 1.30 bits per heavy atom. The van der Waals surface area contributed by atoms with Crippen molar-refractivity contribution in [2.45, 2.75) is 80.2 Å². The first-order valence-corrected chi connectivity index (χ1v) is 13.8. The van der Waals surface area contributed by atoms with Gasteiger partial charge >= 0.3 is 13.4 Å². The molecule has 4 nitrogen and oxygen atoms in total. The van der Waals surface area contributed by atoms with Gasteiger partial charge in [-0.25, -0.2) is 0 Å². The molecule has 2 atom stereocenters. The van der Waals surface area contributed by atoms with Crippen molar-refractivity contribution in [3.8, 4) is 0 Å². The van der Waals surface area contributed by atoms with Crippen molar-refractivity contribution in [3.63, 3.8) is 0 Å².